The zero-order valence-corrected chi connectivity index (χ0v) is 13.6. The maximum Gasteiger partial charge on any atom is 0.252 e. The highest BCUT2D eigenvalue weighted by Gasteiger charge is 2.20. The average Bonchev–Trinajstić information content (AvgIpc) is 3.11. The van der Waals surface area contributed by atoms with Crippen molar-refractivity contribution in [3.63, 3.8) is 0 Å². The van der Waals surface area contributed by atoms with Crippen molar-refractivity contribution in [1.82, 2.24) is 25.8 Å². The first-order valence-corrected chi connectivity index (χ1v) is 8.36. The molecular formula is C18H19N5O2. The molecule has 3 aromatic rings. The SMILES string of the molecule is O=C(NC1CCNCC1)c1cc(-c2ccc(O)cc2)nc2[nH]ncc12. The van der Waals surface area contributed by atoms with E-state index < -0.39 is 0 Å². The van der Waals surface area contributed by atoms with Gasteiger partial charge in [0.05, 0.1) is 22.8 Å². The van der Waals surface area contributed by atoms with Crippen LogP contribution < -0.4 is 10.6 Å². The zero-order valence-electron chi connectivity index (χ0n) is 13.6. The number of hydrogen-bond donors (Lipinski definition) is 4. The predicted molar refractivity (Wildman–Crippen MR) is 94.3 cm³/mol. The van der Waals surface area contributed by atoms with Crippen LogP contribution in [0.15, 0.2) is 36.5 Å². The van der Waals surface area contributed by atoms with Crippen LogP contribution >= 0.6 is 0 Å². The molecule has 1 aromatic carbocycles. The molecule has 0 radical (unpaired) electrons. The number of aromatic nitrogens is 3. The number of amides is 1. The largest absolute Gasteiger partial charge is 0.508 e. The Labute approximate surface area is 144 Å². The predicted octanol–water partition coefficient (Wildman–Crippen LogP) is 1.81. The van der Waals surface area contributed by atoms with E-state index in [4.69, 9.17) is 0 Å². The van der Waals surface area contributed by atoms with Gasteiger partial charge in [0.2, 0.25) is 0 Å². The molecule has 0 saturated carbocycles. The number of carbonyl (C=O) groups is 1. The van der Waals surface area contributed by atoms with E-state index in [1.807, 2.05) is 0 Å². The lowest BCUT2D eigenvalue weighted by Gasteiger charge is -2.23. The summed E-state index contributed by atoms with van der Waals surface area (Å²) in [4.78, 5) is 17.4. The highest BCUT2D eigenvalue weighted by Crippen LogP contribution is 2.25. The van der Waals surface area contributed by atoms with Crippen LogP contribution in [0.1, 0.15) is 23.2 Å². The van der Waals surface area contributed by atoms with E-state index in [1.165, 1.54) is 0 Å². The molecule has 0 unspecified atom stereocenters. The first kappa shape index (κ1) is 15.6. The number of carbonyl (C=O) groups excluding carboxylic acids is 1. The number of piperidine rings is 1. The van der Waals surface area contributed by atoms with Gasteiger partial charge in [0.1, 0.15) is 5.75 Å². The molecule has 0 atom stereocenters. The van der Waals surface area contributed by atoms with Crippen LogP contribution in [0.2, 0.25) is 0 Å². The van der Waals surface area contributed by atoms with Crippen LogP contribution in [0, 0.1) is 0 Å². The van der Waals surface area contributed by atoms with Gasteiger partial charge in [0.25, 0.3) is 5.91 Å². The molecule has 7 nitrogen and oxygen atoms in total. The number of rotatable bonds is 3. The number of H-pyrrole nitrogens is 1. The fourth-order valence-corrected chi connectivity index (χ4v) is 3.13. The number of pyridine rings is 1. The Morgan fingerprint density at radius 1 is 1.20 bits per heavy atom. The summed E-state index contributed by atoms with van der Waals surface area (Å²) in [6.07, 6.45) is 3.48. The second-order valence-corrected chi connectivity index (χ2v) is 6.23. The Bertz CT molecular complexity index is 897. The van der Waals surface area contributed by atoms with Gasteiger partial charge >= 0.3 is 0 Å². The van der Waals surface area contributed by atoms with Crippen molar-refractivity contribution in [3.8, 4) is 17.0 Å². The number of nitrogens with zero attached hydrogens (tertiary/aromatic N) is 2. The number of aromatic hydroxyl groups is 1. The minimum absolute atomic E-state index is 0.110. The van der Waals surface area contributed by atoms with Crippen LogP contribution in [-0.2, 0) is 0 Å². The minimum atomic E-state index is -0.110. The normalized spacial score (nSPS) is 15.4. The van der Waals surface area contributed by atoms with Gasteiger partial charge in [-0.05, 0) is 56.3 Å². The number of benzene rings is 1. The summed E-state index contributed by atoms with van der Waals surface area (Å²) < 4.78 is 0. The molecule has 1 aliphatic rings. The Morgan fingerprint density at radius 3 is 2.72 bits per heavy atom. The highest BCUT2D eigenvalue weighted by atomic mass is 16.3. The van der Waals surface area contributed by atoms with Crippen LogP contribution in [0.3, 0.4) is 0 Å². The van der Waals surface area contributed by atoms with Crippen LogP contribution in [-0.4, -0.2) is 45.3 Å². The van der Waals surface area contributed by atoms with E-state index in [9.17, 15) is 9.90 Å². The Morgan fingerprint density at radius 2 is 1.96 bits per heavy atom. The number of nitrogens with one attached hydrogen (secondary N) is 3. The van der Waals surface area contributed by atoms with E-state index in [-0.39, 0.29) is 17.7 Å². The van der Waals surface area contributed by atoms with E-state index in [0.29, 0.717) is 22.3 Å². The smallest absolute Gasteiger partial charge is 0.252 e. The van der Waals surface area contributed by atoms with E-state index in [1.54, 1.807) is 36.5 Å². The maximum atomic E-state index is 12.8. The lowest BCUT2D eigenvalue weighted by Crippen LogP contribution is -2.42. The number of phenolic OH excluding ortho intramolecular Hbond substituents is 1. The molecular weight excluding hydrogens is 318 g/mol. The minimum Gasteiger partial charge on any atom is -0.508 e. The van der Waals surface area contributed by atoms with Gasteiger partial charge in [-0.3, -0.25) is 9.89 Å². The first-order chi connectivity index (χ1) is 12.2. The highest BCUT2D eigenvalue weighted by molar-refractivity contribution is 6.06. The molecule has 0 aliphatic carbocycles. The van der Waals surface area contributed by atoms with Crippen molar-refractivity contribution in [1.29, 1.82) is 0 Å². The lowest BCUT2D eigenvalue weighted by atomic mass is 10.0. The summed E-state index contributed by atoms with van der Waals surface area (Å²) in [7, 11) is 0. The molecule has 25 heavy (non-hydrogen) atoms. The van der Waals surface area contributed by atoms with Crippen molar-refractivity contribution >= 4 is 16.9 Å². The van der Waals surface area contributed by atoms with Crippen molar-refractivity contribution in [2.45, 2.75) is 18.9 Å². The van der Waals surface area contributed by atoms with Crippen molar-refractivity contribution in [2.75, 3.05) is 13.1 Å². The second-order valence-electron chi connectivity index (χ2n) is 6.23. The molecule has 2 aromatic heterocycles. The average molecular weight is 337 g/mol. The summed E-state index contributed by atoms with van der Waals surface area (Å²) in [5, 5.41) is 23.4. The summed E-state index contributed by atoms with van der Waals surface area (Å²) >= 11 is 0. The lowest BCUT2D eigenvalue weighted by molar-refractivity contribution is 0.0931. The standard InChI is InChI=1S/C18H19N5O2/c24-13-3-1-11(2-4-13)16-9-14(15-10-20-23-17(15)22-16)18(25)21-12-5-7-19-8-6-12/h1-4,9-10,12,19,24H,5-8H2,(H,21,25)(H,20,22,23). The van der Waals surface area contributed by atoms with E-state index >= 15 is 0 Å². The molecule has 1 amide bonds. The Hall–Kier alpha value is -2.93. The Kier molecular flexibility index (Phi) is 4.07. The van der Waals surface area contributed by atoms with Gasteiger partial charge in [0.15, 0.2) is 5.65 Å². The van der Waals surface area contributed by atoms with E-state index in [2.05, 4.69) is 25.8 Å². The number of phenols is 1. The number of hydrogen-bond acceptors (Lipinski definition) is 5. The third-order valence-corrected chi connectivity index (χ3v) is 4.50. The first-order valence-electron chi connectivity index (χ1n) is 8.36. The molecule has 1 saturated heterocycles. The fraction of sp³-hybridized carbons (Fsp3) is 0.278. The monoisotopic (exact) mass is 337 g/mol. The van der Waals surface area contributed by atoms with Gasteiger partial charge in [-0.1, -0.05) is 0 Å². The topological polar surface area (TPSA) is 103 Å². The number of fused-ring (bicyclic) bond motifs is 1. The zero-order chi connectivity index (χ0) is 17.2. The van der Waals surface area contributed by atoms with Crippen molar-refractivity contribution < 1.29 is 9.90 Å². The third-order valence-electron chi connectivity index (χ3n) is 4.50. The molecule has 3 heterocycles. The summed E-state index contributed by atoms with van der Waals surface area (Å²) in [6.45, 7) is 1.84. The number of aromatic amines is 1. The maximum absolute atomic E-state index is 12.8. The van der Waals surface area contributed by atoms with Gasteiger partial charge in [-0.2, -0.15) is 5.10 Å². The van der Waals surface area contributed by atoms with Crippen LogP contribution in [0.4, 0.5) is 0 Å². The summed E-state index contributed by atoms with van der Waals surface area (Å²) in [6, 6.07) is 8.70. The Balaban J connectivity index is 1.70. The van der Waals surface area contributed by atoms with Gasteiger partial charge in [-0.25, -0.2) is 4.98 Å². The van der Waals surface area contributed by atoms with Gasteiger partial charge < -0.3 is 15.7 Å². The molecule has 4 N–H and O–H groups in total. The molecule has 7 heteroatoms. The quantitative estimate of drug-likeness (QED) is 0.584. The molecule has 0 bridgehead atoms. The molecule has 1 fully saturated rings. The van der Waals surface area contributed by atoms with E-state index in [0.717, 1.165) is 31.5 Å². The summed E-state index contributed by atoms with van der Waals surface area (Å²) in [5.74, 6) is 0.0796. The fourth-order valence-electron chi connectivity index (χ4n) is 3.13. The van der Waals surface area contributed by atoms with Gasteiger partial charge in [0, 0.05) is 11.6 Å². The molecule has 1 aliphatic heterocycles. The van der Waals surface area contributed by atoms with Crippen LogP contribution in [0.5, 0.6) is 5.75 Å². The summed E-state index contributed by atoms with van der Waals surface area (Å²) in [5.41, 5.74) is 2.61. The van der Waals surface area contributed by atoms with Crippen molar-refractivity contribution in [2.24, 2.45) is 0 Å². The molecule has 4 rings (SSSR count). The van der Waals surface area contributed by atoms with Crippen LogP contribution in [0.25, 0.3) is 22.3 Å². The molecule has 128 valence electrons. The second kappa shape index (κ2) is 6.52. The van der Waals surface area contributed by atoms with Crippen molar-refractivity contribution in [3.05, 3.63) is 42.1 Å². The molecule has 0 spiro atoms. The van der Waals surface area contributed by atoms with Gasteiger partial charge in [-0.15, -0.1) is 0 Å². The third kappa shape index (κ3) is 3.18.